The second-order valence-corrected chi connectivity index (χ2v) is 7.06. The Bertz CT molecular complexity index is 403. The number of anilines is 1. The first-order valence-electron chi connectivity index (χ1n) is 6.98. The number of hydrogen-bond acceptors (Lipinski definition) is 3. The number of rotatable bonds is 5. The number of benzene rings is 1. The van der Waals surface area contributed by atoms with Crippen molar-refractivity contribution in [2.24, 2.45) is 5.92 Å². The lowest BCUT2D eigenvalue weighted by Crippen LogP contribution is -2.33. The van der Waals surface area contributed by atoms with Crippen molar-refractivity contribution in [1.29, 1.82) is 0 Å². The number of nitrogens with zero attached hydrogens (tertiary/aromatic N) is 1. The molecular weight excluding hydrogens is 276 g/mol. The van der Waals surface area contributed by atoms with Gasteiger partial charge in [-0.3, -0.25) is 0 Å². The maximum atomic E-state index is 6.17. The van der Waals surface area contributed by atoms with Gasteiger partial charge in [-0.25, -0.2) is 0 Å². The molecule has 106 valence electrons. The van der Waals surface area contributed by atoms with Gasteiger partial charge in [-0.1, -0.05) is 31.5 Å². The third kappa shape index (κ3) is 4.59. The van der Waals surface area contributed by atoms with Gasteiger partial charge in [-0.05, 0) is 30.2 Å². The van der Waals surface area contributed by atoms with Gasteiger partial charge in [0.25, 0.3) is 0 Å². The van der Waals surface area contributed by atoms with E-state index in [0.29, 0.717) is 5.92 Å². The molecule has 4 heteroatoms. The molecule has 1 fully saturated rings. The van der Waals surface area contributed by atoms with Gasteiger partial charge in [0, 0.05) is 41.8 Å². The summed E-state index contributed by atoms with van der Waals surface area (Å²) in [6, 6.07) is 6.27. The number of nitrogens with one attached hydrogen (secondary N) is 1. The van der Waals surface area contributed by atoms with Crippen LogP contribution in [0.2, 0.25) is 5.02 Å². The van der Waals surface area contributed by atoms with Crippen LogP contribution < -0.4 is 10.2 Å². The van der Waals surface area contributed by atoms with Crippen molar-refractivity contribution in [3.63, 3.8) is 0 Å². The molecular formula is C15H23ClN2S. The minimum Gasteiger partial charge on any atom is -0.370 e. The van der Waals surface area contributed by atoms with Crippen LogP contribution in [-0.4, -0.2) is 31.1 Å². The van der Waals surface area contributed by atoms with Crippen molar-refractivity contribution in [3.8, 4) is 0 Å². The van der Waals surface area contributed by atoms with E-state index in [1.807, 2.05) is 17.8 Å². The molecule has 0 spiro atoms. The molecule has 0 unspecified atom stereocenters. The zero-order valence-corrected chi connectivity index (χ0v) is 13.4. The summed E-state index contributed by atoms with van der Waals surface area (Å²) in [5, 5.41) is 4.36. The zero-order valence-electron chi connectivity index (χ0n) is 11.8. The minimum atomic E-state index is 0.683. The Morgan fingerprint density at radius 1 is 1.32 bits per heavy atom. The van der Waals surface area contributed by atoms with Gasteiger partial charge < -0.3 is 10.2 Å². The molecule has 0 radical (unpaired) electrons. The van der Waals surface area contributed by atoms with E-state index in [4.69, 9.17) is 11.6 Å². The lowest BCUT2D eigenvalue weighted by molar-refractivity contribution is 0.552. The van der Waals surface area contributed by atoms with Crippen LogP contribution in [-0.2, 0) is 6.54 Å². The molecule has 0 aliphatic carbocycles. The largest absolute Gasteiger partial charge is 0.370 e. The van der Waals surface area contributed by atoms with Crippen molar-refractivity contribution in [1.82, 2.24) is 5.32 Å². The first-order valence-corrected chi connectivity index (χ1v) is 8.52. The topological polar surface area (TPSA) is 15.3 Å². The highest BCUT2D eigenvalue weighted by Crippen LogP contribution is 2.27. The molecule has 1 N–H and O–H groups in total. The summed E-state index contributed by atoms with van der Waals surface area (Å²) in [6.07, 6.45) is 0. The lowest BCUT2D eigenvalue weighted by Gasteiger charge is -2.30. The average molecular weight is 299 g/mol. The summed E-state index contributed by atoms with van der Waals surface area (Å²) >= 11 is 8.20. The van der Waals surface area contributed by atoms with Gasteiger partial charge in [-0.15, -0.1) is 0 Å². The van der Waals surface area contributed by atoms with Gasteiger partial charge >= 0.3 is 0 Å². The van der Waals surface area contributed by atoms with Crippen LogP contribution in [0.25, 0.3) is 0 Å². The highest BCUT2D eigenvalue weighted by molar-refractivity contribution is 7.99. The maximum absolute atomic E-state index is 6.17. The highest BCUT2D eigenvalue weighted by Gasteiger charge is 2.15. The molecule has 1 aliphatic rings. The molecule has 19 heavy (non-hydrogen) atoms. The van der Waals surface area contributed by atoms with Crippen molar-refractivity contribution >= 4 is 29.1 Å². The summed E-state index contributed by atoms with van der Waals surface area (Å²) in [4.78, 5) is 2.47. The molecule has 0 bridgehead atoms. The first-order chi connectivity index (χ1) is 9.16. The molecule has 1 heterocycles. The Kier molecular flexibility index (Phi) is 5.86. The monoisotopic (exact) mass is 298 g/mol. The van der Waals surface area contributed by atoms with Crippen LogP contribution in [0.5, 0.6) is 0 Å². The van der Waals surface area contributed by atoms with Crippen LogP contribution in [0, 0.1) is 5.92 Å². The second-order valence-electron chi connectivity index (χ2n) is 5.40. The Labute approximate surface area is 125 Å². The van der Waals surface area contributed by atoms with E-state index in [1.165, 1.54) is 22.8 Å². The second kappa shape index (κ2) is 7.41. The van der Waals surface area contributed by atoms with Crippen LogP contribution in [0.4, 0.5) is 5.69 Å². The van der Waals surface area contributed by atoms with Gasteiger partial charge in [0.1, 0.15) is 0 Å². The van der Waals surface area contributed by atoms with E-state index in [-0.39, 0.29) is 0 Å². The normalized spacial score (nSPS) is 16.1. The number of thioether (sulfide) groups is 1. The third-order valence-electron chi connectivity index (χ3n) is 3.27. The van der Waals surface area contributed by atoms with Crippen molar-refractivity contribution in [2.75, 3.05) is 36.0 Å². The van der Waals surface area contributed by atoms with Crippen LogP contribution >= 0.6 is 23.4 Å². The predicted molar refractivity (Wildman–Crippen MR) is 87.5 cm³/mol. The summed E-state index contributed by atoms with van der Waals surface area (Å²) in [6.45, 7) is 8.70. The lowest BCUT2D eigenvalue weighted by atomic mass is 10.1. The van der Waals surface area contributed by atoms with Crippen LogP contribution in [0.1, 0.15) is 19.4 Å². The number of hydrogen-bond donors (Lipinski definition) is 1. The van der Waals surface area contributed by atoms with Gasteiger partial charge in [-0.2, -0.15) is 11.8 Å². The van der Waals surface area contributed by atoms with E-state index in [1.54, 1.807) is 0 Å². The molecule has 0 atom stereocenters. The maximum Gasteiger partial charge on any atom is 0.0427 e. The third-order valence-corrected chi connectivity index (χ3v) is 4.44. The summed E-state index contributed by atoms with van der Waals surface area (Å²) in [5.74, 6) is 3.11. The average Bonchev–Trinajstić information content (AvgIpc) is 2.41. The quantitative estimate of drug-likeness (QED) is 0.893. The van der Waals surface area contributed by atoms with Crippen molar-refractivity contribution in [3.05, 3.63) is 28.8 Å². The zero-order chi connectivity index (χ0) is 13.7. The smallest absolute Gasteiger partial charge is 0.0427 e. The van der Waals surface area contributed by atoms with Gasteiger partial charge in [0.2, 0.25) is 0 Å². The SMILES string of the molecule is CC(C)CNCc1ccc(Cl)cc1N1CCSCC1. The molecule has 0 aromatic heterocycles. The van der Waals surface area contributed by atoms with E-state index < -0.39 is 0 Å². The molecule has 2 rings (SSSR count). The van der Waals surface area contributed by atoms with E-state index in [9.17, 15) is 0 Å². The summed E-state index contributed by atoms with van der Waals surface area (Å²) in [7, 11) is 0. The number of halogens is 1. The Hall–Kier alpha value is -0.380. The van der Waals surface area contributed by atoms with E-state index in [2.05, 4.69) is 36.2 Å². The highest BCUT2D eigenvalue weighted by atomic mass is 35.5. The molecule has 1 aromatic carbocycles. The Balaban J connectivity index is 2.08. The predicted octanol–water partition coefficient (Wildman–Crippen LogP) is 3.64. The molecule has 0 amide bonds. The standard InChI is InChI=1S/C15H23ClN2S/c1-12(2)10-17-11-13-3-4-14(16)9-15(13)18-5-7-19-8-6-18/h3-4,9,12,17H,5-8,10-11H2,1-2H3. The fourth-order valence-electron chi connectivity index (χ4n) is 2.28. The van der Waals surface area contributed by atoms with Crippen molar-refractivity contribution < 1.29 is 0 Å². The van der Waals surface area contributed by atoms with E-state index in [0.717, 1.165) is 31.2 Å². The summed E-state index contributed by atoms with van der Waals surface area (Å²) < 4.78 is 0. The molecule has 0 saturated carbocycles. The Morgan fingerprint density at radius 2 is 2.05 bits per heavy atom. The van der Waals surface area contributed by atoms with E-state index >= 15 is 0 Å². The fraction of sp³-hybridized carbons (Fsp3) is 0.600. The molecule has 2 nitrogen and oxygen atoms in total. The molecule has 1 saturated heterocycles. The molecule has 1 aliphatic heterocycles. The minimum absolute atomic E-state index is 0.683. The first kappa shape index (κ1) is 15.0. The Morgan fingerprint density at radius 3 is 2.74 bits per heavy atom. The van der Waals surface area contributed by atoms with Crippen LogP contribution in [0.3, 0.4) is 0 Å². The van der Waals surface area contributed by atoms with Gasteiger partial charge in [0.15, 0.2) is 0 Å². The molecule has 1 aromatic rings. The summed E-state index contributed by atoms with van der Waals surface area (Å²) in [5.41, 5.74) is 2.67. The fourth-order valence-corrected chi connectivity index (χ4v) is 3.35. The van der Waals surface area contributed by atoms with Crippen LogP contribution in [0.15, 0.2) is 18.2 Å². The van der Waals surface area contributed by atoms with Gasteiger partial charge in [0.05, 0.1) is 0 Å². The van der Waals surface area contributed by atoms with Crippen molar-refractivity contribution in [2.45, 2.75) is 20.4 Å².